The van der Waals surface area contributed by atoms with Crippen molar-refractivity contribution in [3.05, 3.63) is 71.4 Å². The zero-order chi connectivity index (χ0) is 18.7. The van der Waals surface area contributed by atoms with E-state index in [1.165, 1.54) is 6.92 Å². The molecule has 0 fully saturated rings. The fourth-order valence-corrected chi connectivity index (χ4v) is 3.40. The van der Waals surface area contributed by atoms with Crippen LogP contribution in [0.1, 0.15) is 55.8 Å². The lowest BCUT2D eigenvalue weighted by Gasteiger charge is -2.32. The first kappa shape index (κ1) is 17.9. The number of carbonyl (C=O) groups is 2. The first-order chi connectivity index (χ1) is 12.5. The van der Waals surface area contributed by atoms with Crippen molar-refractivity contribution >= 4 is 23.6 Å². The molecule has 134 valence electrons. The number of nitrogens with zero attached hydrogens (tertiary/aromatic N) is 1. The molecule has 4 heteroatoms. The monoisotopic (exact) mass is 348 g/mol. The summed E-state index contributed by atoms with van der Waals surface area (Å²) in [6, 6.07) is 15.4. The summed E-state index contributed by atoms with van der Waals surface area (Å²) in [6.07, 6.45) is 3.90. The van der Waals surface area contributed by atoms with Crippen molar-refractivity contribution in [2.24, 2.45) is 0 Å². The molecule has 0 bridgehead atoms. The van der Waals surface area contributed by atoms with E-state index in [0.29, 0.717) is 5.92 Å². The maximum absolute atomic E-state index is 12.8. The van der Waals surface area contributed by atoms with Crippen LogP contribution in [0.3, 0.4) is 0 Å². The first-order valence-corrected chi connectivity index (χ1v) is 8.92. The molecule has 0 aliphatic carbocycles. The molecular weight excluding hydrogens is 324 g/mol. The van der Waals surface area contributed by atoms with Crippen LogP contribution in [-0.2, 0) is 9.59 Å². The third-order valence-electron chi connectivity index (χ3n) is 4.70. The van der Waals surface area contributed by atoms with Crippen LogP contribution in [0.2, 0.25) is 0 Å². The summed E-state index contributed by atoms with van der Waals surface area (Å²) in [5.74, 6) is 0.147. The van der Waals surface area contributed by atoms with Crippen molar-refractivity contribution in [1.82, 2.24) is 4.90 Å². The van der Waals surface area contributed by atoms with Crippen LogP contribution in [0, 0.1) is 0 Å². The highest BCUT2D eigenvalue weighted by Gasteiger charge is 2.28. The standard InChI is InChI=1S/C22H24N2O2/c1-15(2)18-9-6-7-11-20(18)23-22(26)14-21-19-10-5-4-8-17(19)12-13-24(21)16(3)25/h4-13,15,21H,14H2,1-3H3,(H,23,26)/t21-/m0/s1. The Morgan fingerprint density at radius 1 is 1.08 bits per heavy atom. The van der Waals surface area contributed by atoms with Crippen molar-refractivity contribution in [1.29, 1.82) is 0 Å². The molecule has 1 atom stereocenters. The smallest absolute Gasteiger partial charge is 0.226 e. The Kier molecular flexibility index (Phi) is 5.21. The molecule has 3 rings (SSSR count). The van der Waals surface area contributed by atoms with Gasteiger partial charge in [-0.1, -0.05) is 56.3 Å². The second-order valence-corrected chi connectivity index (χ2v) is 6.88. The number of para-hydroxylation sites is 1. The molecular formula is C22H24N2O2. The summed E-state index contributed by atoms with van der Waals surface area (Å²) in [4.78, 5) is 26.4. The van der Waals surface area contributed by atoms with Crippen LogP contribution < -0.4 is 5.32 Å². The summed E-state index contributed by atoms with van der Waals surface area (Å²) in [6.45, 7) is 5.73. The molecule has 0 unspecified atom stereocenters. The highest BCUT2D eigenvalue weighted by Crippen LogP contribution is 2.33. The molecule has 2 amide bonds. The van der Waals surface area contributed by atoms with Gasteiger partial charge in [0.15, 0.2) is 0 Å². The van der Waals surface area contributed by atoms with Crippen molar-refractivity contribution < 1.29 is 9.59 Å². The molecule has 4 nitrogen and oxygen atoms in total. The minimum atomic E-state index is -0.292. The second-order valence-electron chi connectivity index (χ2n) is 6.88. The van der Waals surface area contributed by atoms with E-state index in [4.69, 9.17) is 0 Å². The molecule has 1 aliphatic rings. The summed E-state index contributed by atoms with van der Waals surface area (Å²) in [5, 5.41) is 3.03. The van der Waals surface area contributed by atoms with Gasteiger partial charge in [-0.05, 0) is 34.8 Å². The third-order valence-corrected chi connectivity index (χ3v) is 4.70. The Morgan fingerprint density at radius 2 is 1.77 bits per heavy atom. The van der Waals surface area contributed by atoms with Crippen LogP contribution in [0.5, 0.6) is 0 Å². The maximum atomic E-state index is 12.8. The average molecular weight is 348 g/mol. The van der Waals surface area contributed by atoms with E-state index in [2.05, 4.69) is 19.2 Å². The van der Waals surface area contributed by atoms with Gasteiger partial charge in [0.25, 0.3) is 0 Å². The second kappa shape index (κ2) is 7.56. The summed E-state index contributed by atoms with van der Waals surface area (Å²) in [5.41, 5.74) is 3.98. The van der Waals surface area contributed by atoms with Gasteiger partial charge in [-0.15, -0.1) is 0 Å². The molecule has 0 radical (unpaired) electrons. The fourth-order valence-electron chi connectivity index (χ4n) is 3.40. The van der Waals surface area contributed by atoms with E-state index < -0.39 is 0 Å². The van der Waals surface area contributed by atoms with Crippen LogP contribution in [0.15, 0.2) is 54.7 Å². The van der Waals surface area contributed by atoms with E-state index in [-0.39, 0.29) is 24.3 Å². The van der Waals surface area contributed by atoms with E-state index in [1.54, 1.807) is 11.1 Å². The predicted octanol–water partition coefficient (Wildman–Crippen LogP) is 4.71. The predicted molar refractivity (Wildman–Crippen MR) is 105 cm³/mol. The highest BCUT2D eigenvalue weighted by atomic mass is 16.2. The Morgan fingerprint density at radius 3 is 2.50 bits per heavy atom. The van der Waals surface area contributed by atoms with Crippen molar-refractivity contribution in [3.63, 3.8) is 0 Å². The molecule has 1 N–H and O–H groups in total. The van der Waals surface area contributed by atoms with Gasteiger partial charge >= 0.3 is 0 Å². The number of hydrogen-bond donors (Lipinski definition) is 1. The van der Waals surface area contributed by atoms with Gasteiger partial charge in [0, 0.05) is 18.8 Å². The molecule has 0 spiro atoms. The molecule has 0 aromatic heterocycles. The van der Waals surface area contributed by atoms with Gasteiger partial charge in [0.1, 0.15) is 0 Å². The average Bonchev–Trinajstić information content (AvgIpc) is 2.62. The Hall–Kier alpha value is -2.88. The van der Waals surface area contributed by atoms with E-state index >= 15 is 0 Å². The van der Waals surface area contributed by atoms with Crippen LogP contribution in [0.4, 0.5) is 5.69 Å². The van der Waals surface area contributed by atoms with E-state index in [9.17, 15) is 9.59 Å². The highest BCUT2D eigenvalue weighted by molar-refractivity contribution is 5.93. The number of benzene rings is 2. The zero-order valence-corrected chi connectivity index (χ0v) is 15.4. The normalized spacial score (nSPS) is 15.7. The lowest BCUT2D eigenvalue weighted by molar-refractivity contribution is -0.129. The molecule has 26 heavy (non-hydrogen) atoms. The zero-order valence-electron chi connectivity index (χ0n) is 15.4. The maximum Gasteiger partial charge on any atom is 0.226 e. The SMILES string of the molecule is CC(=O)N1C=Cc2ccccc2[C@@H]1CC(=O)Nc1ccccc1C(C)C. The number of nitrogens with one attached hydrogen (secondary N) is 1. The van der Waals surface area contributed by atoms with E-state index in [1.807, 2.05) is 54.6 Å². The molecule has 1 aliphatic heterocycles. The van der Waals surface area contributed by atoms with Gasteiger partial charge in [-0.2, -0.15) is 0 Å². The Labute approximate surface area is 154 Å². The minimum absolute atomic E-state index is 0.0730. The van der Waals surface area contributed by atoms with E-state index in [0.717, 1.165) is 22.4 Å². The summed E-state index contributed by atoms with van der Waals surface area (Å²) < 4.78 is 0. The van der Waals surface area contributed by atoms with Gasteiger partial charge in [-0.25, -0.2) is 0 Å². The number of carbonyl (C=O) groups excluding carboxylic acids is 2. The van der Waals surface area contributed by atoms with Crippen molar-refractivity contribution in [2.45, 2.75) is 39.2 Å². The molecule has 2 aromatic carbocycles. The molecule has 0 saturated carbocycles. The van der Waals surface area contributed by atoms with Gasteiger partial charge in [0.2, 0.25) is 11.8 Å². The first-order valence-electron chi connectivity index (χ1n) is 8.92. The van der Waals surface area contributed by atoms with Crippen molar-refractivity contribution in [2.75, 3.05) is 5.32 Å². The quantitative estimate of drug-likeness (QED) is 0.870. The van der Waals surface area contributed by atoms with Crippen LogP contribution >= 0.6 is 0 Å². The lowest BCUT2D eigenvalue weighted by atomic mass is 9.93. The number of rotatable bonds is 4. The summed E-state index contributed by atoms with van der Waals surface area (Å²) >= 11 is 0. The Balaban J connectivity index is 1.83. The van der Waals surface area contributed by atoms with Gasteiger partial charge in [0.05, 0.1) is 12.5 Å². The number of amides is 2. The third kappa shape index (κ3) is 3.69. The van der Waals surface area contributed by atoms with Crippen molar-refractivity contribution in [3.8, 4) is 0 Å². The van der Waals surface area contributed by atoms with Crippen LogP contribution in [-0.4, -0.2) is 16.7 Å². The number of anilines is 1. The van der Waals surface area contributed by atoms with Gasteiger partial charge < -0.3 is 10.2 Å². The molecule has 1 heterocycles. The van der Waals surface area contributed by atoms with Gasteiger partial charge in [-0.3, -0.25) is 9.59 Å². The van der Waals surface area contributed by atoms with Crippen LogP contribution in [0.25, 0.3) is 6.08 Å². The summed E-state index contributed by atoms with van der Waals surface area (Å²) in [7, 11) is 0. The number of fused-ring (bicyclic) bond motifs is 1. The topological polar surface area (TPSA) is 49.4 Å². The molecule has 2 aromatic rings. The number of hydrogen-bond acceptors (Lipinski definition) is 2. The minimum Gasteiger partial charge on any atom is -0.326 e. The largest absolute Gasteiger partial charge is 0.326 e. The molecule has 0 saturated heterocycles. The Bertz CT molecular complexity index is 855. The lowest BCUT2D eigenvalue weighted by Crippen LogP contribution is -2.33. The fraction of sp³-hybridized carbons (Fsp3) is 0.273.